The average Bonchev–Trinajstić information content (AvgIpc) is 3.06. The van der Waals surface area contributed by atoms with Gasteiger partial charge in [0.05, 0.1) is 7.11 Å². The number of rotatable bonds is 8. The average molecular weight is 317 g/mol. The molecule has 1 amide bonds. The second-order valence-corrected chi connectivity index (χ2v) is 6.22. The summed E-state index contributed by atoms with van der Waals surface area (Å²) in [6, 6.07) is 12.1. The molecule has 0 spiro atoms. The smallest absolute Gasteiger partial charge is 0.222 e. The van der Waals surface area contributed by atoms with Crippen LogP contribution < -0.4 is 4.74 Å². The predicted octanol–water partition coefficient (Wildman–Crippen LogP) is 4.13. The number of amides is 1. The van der Waals surface area contributed by atoms with Crippen molar-refractivity contribution in [3.63, 3.8) is 0 Å². The summed E-state index contributed by atoms with van der Waals surface area (Å²) in [6.07, 6.45) is 2.52. The van der Waals surface area contributed by atoms with Crippen molar-refractivity contribution in [2.75, 3.05) is 13.7 Å². The molecule has 0 bridgehead atoms. The summed E-state index contributed by atoms with van der Waals surface area (Å²) < 4.78 is 5.16. The van der Waals surface area contributed by atoms with Gasteiger partial charge in [-0.25, -0.2) is 0 Å². The van der Waals surface area contributed by atoms with E-state index in [1.54, 1.807) is 18.4 Å². The highest BCUT2D eigenvalue weighted by atomic mass is 32.1. The van der Waals surface area contributed by atoms with Crippen LogP contribution in [0.5, 0.6) is 5.75 Å². The number of thiophene rings is 1. The third-order valence-corrected chi connectivity index (χ3v) is 4.60. The molecule has 1 aromatic carbocycles. The van der Waals surface area contributed by atoms with Crippen LogP contribution in [0.1, 0.15) is 30.2 Å². The Morgan fingerprint density at radius 3 is 2.59 bits per heavy atom. The molecule has 2 aromatic rings. The van der Waals surface area contributed by atoms with Crippen LogP contribution >= 0.6 is 11.3 Å². The second-order valence-electron chi connectivity index (χ2n) is 5.19. The minimum absolute atomic E-state index is 0.231. The second kappa shape index (κ2) is 8.59. The number of benzene rings is 1. The molecule has 0 radical (unpaired) electrons. The van der Waals surface area contributed by atoms with Gasteiger partial charge in [0.1, 0.15) is 5.75 Å². The normalized spacial score (nSPS) is 10.5. The summed E-state index contributed by atoms with van der Waals surface area (Å²) in [5.74, 6) is 1.07. The molecule has 4 heteroatoms. The highest BCUT2D eigenvalue weighted by Gasteiger charge is 2.12. The van der Waals surface area contributed by atoms with Gasteiger partial charge < -0.3 is 9.64 Å². The van der Waals surface area contributed by atoms with Gasteiger partial charge in [0.2, 0.25) is 5.91 Å². The van der Waals surface area contributed by atoms with E-state index in [1.165, 1.54) is 4.88 Å². The number of hydrogen-bond acceptors (Lipinski definition) is 3. The van der Waals surface area contributed by atoms with Gasteiger partial charge in [0.15, 0.2) is 0 Å². The number of nitrogens with zero attached hydrogens (tertiary/aromatic N) is 1. The Bertz CT molecular complexity index is 563. The first-order valence-corrected chi connectivity index (χ1v) is 8.54. The molecule has 0 fully saturated rings. The van der Waals surface area contributed by atoms with Gasteiger partial charge in [-0.05, 0) is 48.9 Å². The number of carbonyl (C=O) groups is 1. The van der Waals surface area contributed by atoms with Crippen LogP contribution in [0.3, 0.4) is 0 Å². The van der Waals surface area contributed by atoms with Crippen molar-refractivity contribution in [2.45, 2.75) is 32.7 Å². The van der Waals surface area contributed by atoms with E-state index in [-0.39, 0.29) is 5.91 Å². The lowest BCUT2D eigenvalue weighted by molar-refractivity contribution is -0.131. The maximum absolute atomic E-state index is 12.3. The van der Waals surface area contributed by atoms with Crippen LogP contribution in [0, 0.1) is 0 Å². The van der Waals surface area contributed by atoms with E-state index in [1.807, 2.05) is 36.1 Å². The Kier molecular flexibility index (Phi) is 6.46. The Hall–Kier alpha value is -1.81. The monoisotopic (exact) mass is 317 g/mol. The van der Waals surface area contributed by atoms with E-state index in [0.717, 1.165) is 30.7 Å². The number of hydrogen-bond donors (Lipinski definition) is 0. The lowest BCUT2D eigenvalue weighted by atomic mass is 10.1. The fourth-order valence-electron chi connectivity index (χ4n) is 2.35. The summed E-state index contributed by atoms with van der Waals surface area (Å²) >= 11 is 1.76. The molecule has 0 unspecified atom stereocenters. The molecule has 0 atom stereocenters. The topological polar surface area (TPSA) is 29.5 Å². The molecular weight excluding hydrogens is 294 g/mol. The van der Waals surface area contributed by atoms with Crippen LogP contribution in [-0.4, -0.2) is 24.5 Å². The van der Waals surface area contributed by atoms with Crippen LogP contribution in [0.4, 0.5) is 0 Å². The van der Waals surface area contributed by atoms with E-state index in [0.29, 0.717) is 13.0 Å². The molecule has 0 N–H and O–H groups in total. The van der Waals surface area contributed by atoms with Crippen LogP contribution in [0.15, 0.2) is 41.8 Å². The van der Waals surface area contributed by atoms with Crippen molar-refractivity contribution in [1.29, 1.82) is 0 Å². The Labute approximate surface area is 136 Å². The molecule has 3 nitrogen and oxygen atoms in total. The molecule has 0 saturated carbocycles. The SMILES string of the molecule is CCN(Cc1ccc(OC)cc1)C(=O)CCCc1cccs1. The molecule has 118 valence electrons. The van der Waals surface area contributed by atoms with Crippen LogP contribution in [0.25, 0.3) is 0 Å². The van der Waals surface area contributed by atoms with E-state index >= 15 is 0 Å². The molecule has 0 aliphatic heterocycles. The summed E-state index contributed by atoms with van der Waals surface area (Å²) in [5.41, 5.74) is 1.13. The van der Waals surface area contributed by atoms with E-state index < -0.39 is 0 Å². The van der Waals surface area contributed by atoms with Gasteiger partial charge in [-0.1, -0.05) is 18.2 Å². The standard InChI is InChI=1S/C18H23NO2S/c1-3-19(14-15-9-11-16(21-2)12-10-15)18(20)8-4-6-17-7-5-13-22-17/h5,7,9-13H,3-4,6,8,14H2,1-2H3. The van der Waals surface area contributed by atoms with E-state index in [2.05, 4.69) is 17.5 Å². The summed E-state index contributed by atoms with van der Waals surface area (Å²) in [4.78, 5) is 15.6. The zero-order valence-corrected chi connectivity index (χ0v) is 14.1. The molecule has 1 aromatic heterocycles. The molecule has 0 aliphatic carbocycles. The first kappa shape index (κ1) is 16.6. The number of aryl methyl sites for hydroxylation is 1. The minimum atomic E-state index is 0.231. The van der Waals surface area contributed by atoms with Crippen LogP contribution in [-0.2, 0) is 17.8 Å². The van der Waals surface area contributed by atoms with Crippen molar-refractivity contribution < 1.29 is 9.53 Å². The predicted molar refractivity (Wildman–Crippen MR) is 91.3 cm³/mol. The van der Waals surface area contributed by atoms with E-state index in [4.69, 9.17) is 4.74 Å². The van der Waals surface area contributed by atoms with Gasteiger partial charge in [0, 0.05) is 24.4 Å². The summed E-state index contributed by atoms with van der Waals surface area (Å²) in [5, 5.41) is 2.08. The van der Waals surface area contributed by atoms with Crippen molar-refractivity contribution in [2.24, 2.45) is 0 Å². The lowest BCUT2D eigenvalue weighted by Gasteiger charge is -2.21. The molecular formula is C18H23NO2S. The first-order valence-electron chi connectivity index (χ1n) is 7.66. The van der Waals surface area contributed by atoms with Gasteiger partial charge in [0.25, 0.3) is 0 Å². The highest BCUT2D eigenvalue weighted by molar-refractivity contribution is 7.09. The summed E-state index contributed by atoms with van der Waals surface area (Å²) in [6.45, 7) is 3.43. The molecule has 0 saturated heterocycles. The molecule has 2 rings (SSSR count). The van der Waals surface area contributed by atoms with Gasteiger partial charge in [-0.15, -0.1) is 11.3 Å². The zero-order valence-electron chi connectivity index (χ0n) is 13.2. The lowest BCUT2D eigenvalue weighted by Crippen LogP contribution is -2.30. The van der Waals surface area contributed by atoms with Crippen molar-refractivity contribution in [1.82, 2.24) is 4.90 Å². The third-order valence-electron chi connectivity index (χ3n) is 3.66. The Morgan fingerprint density at radius 2 is 2.00 bits per heavy atom. The number of carbonyl (C=O) groups excluding carboxylic acids is 1. The maximum Gasteiger partial charge on any atom is 0.222 e. The van der Waals surface area contributed by atoms with Gasteiger partial charge in [-0.2, -0.15) is 0 Å². The third kappa shape index (κ3) is 4.88. The molecule has 22 heavy (non-hydrogen) atoms. The first-order chi connectivity index (χ1) is 10.7. The Morgan fingerprint density at radius 1 is 1.23 bits per heavy atom. The van der Waals surface area contributed by atoms with Crippen LogP contribution in [0.2, 0.25) is 0 Å². The zero-order chi connectivity index (χ0) is 15.8. The summed E-state index contributed by atoms with van der Waals surface area (Å²) in [7, 11) is 1.66. The van der Waals surface area contributed by atoms with E-state index in [9.17, 15) is 4.79 Å². The fourth-order valence-corrected chi connectivity index (χ4v) is 3.11. The minimum Gasteiger partial charge on any atom is -0.497 e. The fraction of sp³-hybridized carbons (Fsp3) is 0.389. The Balaban J connectivity index is 1.82. The largest absolute Gasteiger partial charge is 0.497 e. The van der Waals surface area contributed by atoms with Crippen molar-refractivity contribution in [3.8, 4) is 5.75 Å². The molecule has 0 aliphatic rings. The maximum atomic E-state index is 12.3. The quantitative estimate of drug-likeness (QED) is 0.732. The number of methoxy groups -OCH3 is 1. The van der Waals surface area contributed by atoms with Crippen molar-refractivity contribution in [3.05, 3.63) is 52.2 Å². The number of ether oxygens (including phenoxy) is 1. The molecule has 1 heterocycles. The van der Waals surface area contributed by atoms with Gasteiger partial charge in [-0.3, -0.25) is 4.79 Å². The van der Waals surface area contributed by atoms with Crippen molar-refractivity contribution >= 4 is 17.2 Å². The van der Waals surface area contributed by atoms with Gasteiger partial charge >= 0.3 is 0 Å². The highest BCUT2D eigenvalue weighted by Crippen LogP contribution is 2.15.